The normalized spacial score (nSPS) is 30.1. The van der Waals surface area contributed by atoms with Gasteiger partial charge in [-0.3, -0.25) is 4.79 Å². The average Bonchev–Trinajstić information content (AvgIpc) is 3.28. The molecule has 20 heavy (non-hydrogen) atoms. The SMILES string of the molecule is O=C(NC1CCC(C(=O)O)CC1)NC(C1CC1)C1CC1. The molecule has 0 atom stereocenters. The fraction of sp³-hybridized carbons (Fsp3) is 0.867. The molecular weight excluding hydrogens is 256 g/mol. The predicted octanol–water partition coefficient (Wildman–Crippen LogP) is 2.12. The Morgan fingerprint density at radius 1 is 0.900 bits per heavy atom. The summed E-state index contributed by atoms with van der Waals surface area (Å²) < 4.78 is 0. The molecule has 3 aliphatic carbocycles. The fourth-order valence-electron chi connectivity index (χ4n) is 3.39. The predicted molar refractivity (Wildman–Crippen MR) is 74.3 cm³/mol. The number of hydrogen-bond donors (Lipinski definition) is 3. The molecular formula is C15H24N2O3. The van der Waals surface area contributed by atoms with Crippen molar-refractivity contribution in [1.82, 2.24) is 10.6 Å². The van der Waals surface area contributed by atoms with Crippen molar-refractivity contribution in [1.29, 1.82) is 0 Å². The molecule has 0 aromatic heterocycles. The van der Waals surface area contributed by atoms with Crippen LogP contribution in [0.4, 0.5) is 4.79 Å². The molecule has 0 aromatic carbocycles. The summed E-state index contributed by atoms with van der Waals surface area (Å²) in [6, 6.07) is 0.475. The van der Waals surface area contributed by atoms with Crippen LogP contribution in [0.5, 0.6) is 0 Å². The van der Waals surface area contributed by atoms with Gasteiger partial charge in [0.25, 0.3) is 0 Å². The number of amides is 2. The van der Waals surface area contributed by atoms with Gasteiger partial charge in [0.15, 0.2) is 0 Å². The van der Waals surface area contributed by atoms with Gasteiger partial charge in [-0.05, 0) is 63.2 Å². The monoisotopic (exact) mass is 280 g/mol. The highest BCUT2D eigenvalue weighted by molar-refractivity contribution is 5.75. The van der Waals surface area contributed by atoms with Gasteiger partial charge in [0.2, 0.25) is 0 Å². The summed E-state index contributed by atoms with van der Waals surface area (Å²) in [5.41, 5.74) is 0. The van der Waals surface area contributed by atoms with Gasteiger partial charge in [-0.15, -0.1) is 0 Å². The zero-order chi connectivity index (χ0) is 14.1. The zero-order valence-corrected chi connectivity index (χ0v) is 11.8. The first-order valence-corrected chi connectivity index (χ1v) is 7.93. The van der Waals surface area contributed by atoms with Crippen LogP contribution in [0.2, 0.25) is 0 Å². The molecule has 0 aliphatic heterocycles. The van der Waals surface area contributed by atoms with Crippen LogP contribution in [0.25, 0.3) is 0 Å². The summed E-state index contributed by atoms with van der Waals surface area (Å²) in [5.74, 6) is 0.490. The second kappa shape index (κ2) is 5.62. The van der Waals surface area contributed by atoms with Gasteiger partial charge in [-0.1, -0.05) is 0 Å². The number of carbonyl (C=O) groups is 2. The minimum atomic E-state index is -0.699. The van der Waals surface area contributed by atoms with Gasteiger partial charge in [-0.2, -0.15) is 0 Å². The molecule has 0 saturated heterocycles. The smallest absolute Gasteiger partial charge is 0.315 e. The molecule has 0 unspecified atom stereocenters. The number of aliphatic carboxylic acids is 1. The van der Waals surface area contributed by atoms with E-state index < -0.39 is 5.97 Å². The van der Waals surface area contributed by atoms with Crippen molar-refractivity contribution >= 4 is 12.0 Å². The van der Waals surface area contributed by atoms with Gasteiger partial charge >= 0.3 is 12.0 Å². The number of nitrogens with one attached hydrogen (secondary N) is 2. The minimum Gasteiger partial charge on any atom is -0.481 e. The molecule has 3 fully saturated rings. The van der Waals surface area contributed by atoms with Crippen LogP contribution < -0.4 is 10.6 Å². The Hall–Kier alpha value is -1.26. The zero-order valence-electron chi connectivity index (χ0n) is 11.8. The van der Waals surface area contributed by atoms with Gasteiger partial charge in [0.1, 0.15) is 0 Å². The maximum atomic E-state index is 12.1. The number of carbonyl (C=O) groups excluding carboxylic acids is 1. The molecule has 3 N–H and O–H groups in total. The van der Waals surface area contributed by atoms with Crippen molar-refractivity contribution < 1.29 is 14.7 Å². The van der Waals surface area contributed by atoms with Crippen molar-refractivity contribution in [2.45, 2.75) is 63.5 Å². The van der Waals surface area contributed by atoms with Crippen molar-refractivity contribution in [3.8, 4) is 0 Å². The highest BCUT2D eigenvalue weighted by Gasteiger charge is 2.42. The van der Waals surface area contributed by atoms with Crippen molar-refractivity contribution in [3.05, 3.63) is 0 Å². The molecule has 112 valence electrons. The molecule has 2 amide bonds. The Morgan fingerprint density at radius 2 is 1.45 bits per heavy atom. The molecule has 0 heterocycles. The van der Waals surface area contributed by atoms with E-state index in [1.165, 1.54) is 25.7 Å². The Bertz CT molecular complexity index is 371. The van der Waals surface area contributed by atoms with E-state index in [1.54, 1.807) is 0 Å². The summed E-state index contributed by atoms with van der Waals surface area (Å²) in [7, 11) is 0. The molecule has 5 heteroatoms. The first kappa shape index (κ1) is 13.7. The van der Waals surface area contributed by atoms with Crippen molar-refractivity contribution in [2.24, 2.45) is 17.8 Å². The lowest BCUT2D eigenvalue weighted by molar-refractivity contribution is -0.142. The van der Waals surface area contributed by atoms with Gasteiger partial charge in [0, 0.05) is 12.1 Å². The van der Waals surface area contributed by atoms with E-state index in [9.17, 15) is 9.59 Å². The Morgan fingerprint density at radius 3 is 1.90 bits per heavy atom. The lowest BCUT2D eigenvalue weighted by Crippen LogP contribution is -2.48. The highest BCUT2D eigenvalue weighted by atomic mass is 16.4. The number of carboxylic acids is 1. The summed E-state index contributed by atoms with van der Waals surface area (Å²) in [5, 5.41) is 15.1. The highest BCUT2D eigenvalue weighted by Crippen LogP contribution is 2.44. The average molecular weight is 280 g/mol. The van der Waals surface area contributed by atoms with Crippen LogP contribution in [-0.2, 0) is 4.79 Å². The standard InChI is InChI=1S/C15H24N2O3/c18-14(19)11-5-7-12(8-6-11)16-15(20)17-13(9-1-2-9)10-3-4-10/h9-13H,1-8H2,(H,18,19)(H2,16,17,20). The van der Waals surface area contributed by atoms with Crippen LogP contribution in [-0.4, -0.2) is 29.2 Å². The molecule has 5 nitrogen and oxygen atoms in total. The van der Waals surface area contributed by atoms with Gasteiger partial charge in [-0.25, -0.2) is 4.79 Å². The minimum absolute atomic E-state index is 0.0485. The summed E-state index contributed by atoms with van der Waals surface area (Å²) >= 11 is 0. The maximum Gasteiger partial charge on any atom is 0.315 e. The molecule has 3 aliphatic rings. The lowest BCUT2D eigenvalue weighted by atomic mass is 9.86. The summed E-state index contributed by atoms with van der Waals surface area (Å²) in [4.78, 5) is 23.0. The second-order valence-corrected chi connectivity index (χ2v) is 6.71. The van der Waals surface area contributed by atoms with E-state index >= 15 is 0 Å². The maximum absolute atomic E-state index is 12.1. The van der Waals surface area contributed by atoms with Crippen LogP contribution in [0.3, 0.4) is 0 Å². The number of rotatable bonds is 5. The molecule has 0 bridgehead atoms. The van der Waals surface area contributed by atoms with Crippen molar-refractivity contribution in [3.63, 3.8) is 0 Å². The van der Waals surface area contributed by atoms with Crippen molar-refractivity contribution in [2.75, 3.05) is 0 Å². The first-order valence-electron chi connectivity index (χ1n) is 7.93. The molecule has 0 aromatic rings. The summed E-state index contributed by atoms with van der Waals surface area (Å²) in [6.45, 7) is 0. The van der Waals surface area contributed by atoms with Crippen LogP contribution in [0, 0.1) is 17.8 Å². The number of carboxylic acid groups (broad SMARTS) is 1. The molecule has 3 rings (SSSR count). The van der Waals surface area contributed by atoms with E-state index in [1.807, 2.05) is 0 Å². The molecule has 0 radical (unpaired) electrons. The second-order valence-electron chi connectivity index (χ2n) is 6.71. The van der Waals surface area contributed by atoms with E-state index in [0.29, 0.717) is 30.7 Å². The van der Waals surface area contributed by atoms with Gasteiger partial charge < -0.3 is 15.7 Å². The molecule has 3 saturated carbocycles. The van der Waals surface area contributed by atoms with Gasteiger partial charge in [0.05, 0.1) is 5.92 Å². The third kappa shape index (κ3) is 3.44. The van der Waals surface area contributed by atoms with E-state index in [4.69, 9.17) is 5.11 Å². The van der Waals surface area contributed by atoms with E-state index in [2.05, 4.69) is 10.6 Å². The summed E-state index contributed by atoms with van der Waals surface area (Å²) in [6.07, 6.45) is 7.93. The Balaban J connectivity index is 1.41. The molecule has 0 spiro atoms. The third-order valence-electron chi connectivity index (χ3n) is 4.97. The number of urea groups is 1. The topological polar surface area (TPSA) is 78.4 Å². The van der Waals surface area contributed by atoms with Crippen LogP contribution in [0.1, 0.15) is 51.4 Å². The van der Waals surface area contributed by atoms with E-state index in [0.717, 1.165) is 12.8 Å². The number of hydrogen-bond acceptors (Lipinski definition) is 2. The third-order valence-corrected chi connectivity index (χ3v) is 4.97. The quantitative estimate of drug-likeness (QED) is 0.721. The van der Waals surface area contributed by atoms with E-state index in [-0.39, 0.29) is 18.0 Å². The largest absolute Gasteiger partial charge is 0.481 e. The van der Waals surface area contributed by atoms with Crippen LogP contribution >= 0.6 is 0 Å². The Labute approximate surface area is 119 Å². The Kier molecular flexibility index (Phi) is 3.85. The first-order chi connectivity index (χ1) is 9.63. The lowest BCUT2D eigenvalue weighted by Gasteiger charge is -2.28. The van der Waals surface area contributed by atoms with Crippen LogP contribution in [0.15, 0.2) is 0 Å². The fourth-order valence-corrected chi connectivity index (χ4v) is 3.39.